The lowest BCUT2D eigenvalue weighted by Crippen LogP contribution is -2.54. The number of amides is 3. The maximum Gasteiger partial charge on any atom is 0.243 e. The first-order valence-electron chi connectivity index (χ1n) is 7.07. The van der Waals surface area contributed by atoms with E-state index in [0.29, 0.717) is 6.42 Å². The second kappa shape index (κ2) is 9.10. The van der Waals surface area contributed by atoms with Crippen LogP contribution in [0.1, 0.15) is 47.0 Å². The van der Waals surface area contributed by atoms with Crippen LogP contribution in [0.2, 0.25) is 0 Å². The summed E-state index contributed by atoms with van der Waals surface area (Å²) in [6, 6.07) is -1.66. The first-order chi connectivity index (χ1) is 9.68. The molecule has 0 bridgehead atoms. The van der Waals surface area contributed by atoms with Crippen LogP contribution in [-0.2, 0) is 19.2 Å². The van der Waals surface area contributed by atoms with Gasteiger partial charge in [0.05, 0.1) is 0 Å². The van der Waals surface area contributed by atoms with Crippen molar-refractivity contribution in [2.45, 2.75) is 59.0 Å². The molecule has 7 heteroatoms. The zero-order chi connectivity index (χ0) is 16.6. The molecule has 0 unspecified atom stereocenters. The molecule has 0 aromatic carbocycles. The number of carbonyl (C=O) groups excluding carboxylic acids is 4. The van der Waals surface area contributed by atoms with E-state index in [1.807, 2.05) is 0 Å². The third kappa shape index (κ3) is 7.43. The smallest absolute Gasteiger partial charge is 0.243 e. The molecule has 0 saturated carbocycles. The Bertz CT molecular complexity index is 407. The molecular formula is C14H25N3O4. The van der Waals surface area contributed by atoms with Gasteiger partial charge >= 0.3 is 0 Å². The van der Waals surface area contributed by atoms with Gasteiger partial charge in [0.15, 0.2) is 0 Å². The summed E-state index contributed by atoms with van der Waals surface area (Å²) in [5.74, 6) is -1.65. The highest BCUT2D eigenvalue weighted by atomic mass is 16.2. The SMILES string of the molecule is CCC(=O)CC[C@H](NC(=O)[C@H](NC(C)=O)C(C)C)C(N)=O. The van der Waals surface area contributed by atoms with Crippen LogP contribution in [0.25, 0.3) is 0 Å². The summed E-state index contributed by atoms with van der Waals surface area (Å²) >= 11 is 0. The summed E-state index contributed by atoms with van der Waals surface area (Å²) in [6.07, 6.45) is 0.718. The number of nitrogens with one attached hydrogen (secondary N) is 2. The summed E-state index contributed by atoms with van der Waals surface area (Å²) < 4.78 is 0. The summed E-state index contributed by atoms with van der Waals surface area (Å²) in [6.45, 7) is 6.60. The van der Waals surface area contributed by atoms with Gasteiger partial charge in [-0.2, -0.15) is 0 Å². The van der Waals surface area contributed by atoms with Crippen LogP contribution in [0.15, 0.2) is 0 Å². The molecule has 0 aliphatic heterocycles. The topological polar surface area (TPSA) is 118 Å². The Labute approximate surface area is 125 Å². The second-order valence-electron chi connectivity index (χ2n) is 5.32. The fourth-order valence-corrected chi connectivity index (χ4v) is 1.78. The van der Waals surface area contributed by atoms with Gasteiger partial charge in [0.2, 0.25) is 17.7 Å². The van der Waals surface area contributed by atoms with E-state index in [1.165, 1.54) is 6.92 Å². The fourth-order valence-electron chi connectivity index (χ4n) is 1.78. The van der Waals surface area contributed by atoms with Crippen molar-refractivity contribution < 1.29 is 19.2 Å². The van der Waals surface area contributed by atoms with Crippen molar-refractivity contribution in [1.29, 1.82) is 0 Å². The summed E-state index contributed by atoms with van der Waals surface area (Å²) in [5, 5.41) is 5.03. The van der Waals surface area contributed by atoms with E-state index in [1.54, 1.807) is 20.8 Å². The molecule has 2 atom stereocenters. The van der Waals surface area contributed by atoms with E-state index in [9.17, 15) is 19.2 Å². The molecule has 3 amide bonds. The molecule has 120 valence electrons. The average molecular weight is 299 g/mol. The summed E-state index contributed by atoms with van der Waals surface area (Å²) in [5.41, 5.74) is 5.24. The highest BCUT2D eigenvalue weighted by Gasteiger charge is 2.27. The number of primary amides is 1. The first kappa shape index (κ1) is 19.1. The molecule has 0 spiro atoms. The van der Waals surface area contributed by atoms with E-state index in [-0.39, 0.29) is 30.4 Å². The van der Waals surface area contributed by atoms with Gasteiger partial charge in [-0.1, -0.05) is 20.8 Å². The largest absolute Gasteiger partial charge is 0.368 e. The maximum absolute atomic E-state index is 12.1. The Morgan fingerprint density at radius 1 is 1.10 bits per heavy atom. The van der Waals surface area contributed by atoms with Gasteiger partial charge in [0, 0.05) is 19.8 Å². The predicted molar refractivity (Wildman–Crippen MR) is 78.1 cm³/mol. The lowest BCUT2D eigenvalue weighted by molar-refractivity contribution is -0.132. The third-order valence-electron chi connectivity index (χ3n) is 3.07. The Morgan fingerprint density at radius 2 is 1.67 bits per heavy atom. The molecule has 4 N–H and O–H groups in total. The molecule has 0 rings (SSSR count). The number of rotatable bonds is 9. The van der Waals surface area contributed by atoms with Gasteiger partial charge in [0.1, 0.15) is 17.9 Å². The van der Waals surface area contributed by atoms with E-state index in [2.05, 4.69) is 10.6 Å². The number of nitrogens with two attached hydrogens (primary N) is 1. The number of ketones is 1. The van der Waals surface area contributed by atoms with Gasteiger partial charge in [0.25, 0.3) is 0 Å². The Morgan fingerprint density at radius 3 is 2.05 bits per heavy atom. The zero-order valence-corrected chi connectivity index (χ0v) is 13.1. The molecule has 0 aliphatic carbocycles. The van der Waals surface area contributed by atoms with E-state index in [4.69, 9.17) is 5.73 Å². The van der Waals surface area contributed by atoms with Crippen molar-refractivity contribution in [1.82, 2.24) is 10.6 Å². The Hall–Kier alpha value is -1.92. The highest BCUT2D eigenvalue weighted by molar-refractivity contribution is 5.91. The lowest BCUT2D eigenvalue weighted by Gasteiger charge is -2.23. The molecule has 0 aromatic heterocycles. The van der Waals surface area contributed by atoms with Crippen molar-refractivity contribution >= 4 is 23.5 Å². The second-order valence-corrected chi connectivity index (χ2v) is 5.32. The number of carbonyl (C=O) groups is 4. The summed E-state index contributed by atoms with van der Waals surface area (Å²) in [4.78, 5) is 45.9. The van der Waals surface area contributed by atoms with Crippen molar-refractivity contribution in [2.75, 3.05) is 0 Å². The molecule has 21 heavy (non-hydrogen) atoms. The number of Topliss-reactive ketones (excluding diaryl/α,β-unsaturated/α-hetero) is 1. The average Bonchev–Trinajstić information content (AvgIpc) is 2.38. The number of hydrogen-bond acceptors (Lipinski definition) is 4. The fraction of sp³-hybridized carbons (Fsp3) is 0.714. The zero-order valence-electron chi connectivity index (χ0n) is 13.1. The quantitative estimate of drug-likeness (QED) is 0.550. The van der Waals surface area contributed by atoms with Crippen molar-refractivity contribution in [2.24, 2.45) is 11.7 Å². The van der Waals surface area contributed by atoms with Crippen LogP contribution in [-0.4, -0.2) is 35.6 Å². The minimum Gasteiger partial charge on any atom is -0.368 e. The monoisotopic (exact) mass is 299 g/mol. The lowest BCUT2D eigenvalue weighted by atomic mass is 10.0. The molecule has 0 saturated heterocycles. The van der Waals surface area contributed by atoms with Gasteiger partial charge in [-0.05, 0) is 12.3 Å². The first-order valence-corrected chi connectivity index (χ1v) is 7.07. The minimum absolute atomic E-state index is 0.00207. The summed E-state index contributed by atoms with van der Waals surface area (Å²) in [7, 11) is 0. The molecule has 0 heterocycles. The third-order valence-corrected chi connectivity index (χ3v) is 3.07. The predicted octanol–water partition coefficient (Wildman–Crippen LogP) is -0.123. The highest BCUT2D eigenvalue weighted by Crippen LogP contribution is 2.05. The molecule has 0 radical (unpaired) electrons. The maximum atomic E-state index is 12.1. The van der Waals surface area contributed by atoms with Gasteiger partial charge in [-0.25, -0.2) is 0 Å². The molecule has 0 fully saturated rings. The van der Waals surface area contributed by atoms with Crippen LogP contribution in [0.3, 0.4) is 0 Å². The van der Waals surface area contributed by atoms with Crippen LogP contribution >= 0.6 is 0 Å². The Balaban J connectivity index is 4.74. The molecule has 7 nitrogen and oxygen atoms in total. The van der Waals surface area contributed by atoms with Gasteiger partial charge < -0.3 is 16.4 Å². The normalized spacial score (nSPS) is 13.4. The van der Waals surface area contributed by atoms with Crippen LogP contribution in [0.4, 0.5) is 0 Å². The van der Waals surface area contributed by atoms with Gasteiger partial charge in [-0.3, -0.25) is 19.2 Å². The molecular weight excluding hydrogens is 274 g/mol. The molecule has 0 aliphatic rings. The van der Waals surface area contributed by atoms with E-state index >= 15 is 0 Å². The number of hydrogen-bond donors (Lipinski definition) is 3. The van der Waals surface area contributed by atoms with Crippen LogP contribution < -0.4 is 16.4 Å². The van der Waals surface area contributed by atoms with Crippen molar-refractivity contribution in [3.8, 4) is 0 Å². The van der Waals surface area contributed by atoms with E-state index in [0.717, 1.165) is 0 Å². The van der Waals surface area contributed by atoms with Crippen LogP contribution in [0, 0.1) is 5.92 Å². The Kier molecular flexibility index (Phi) is 8.26. The standard InChI is InChI=1S/C14H25N3O4/c1-5-10(19)6-7-11(13(15)20)17-14(21)12(8(2)3)16-9(4)18/h8,11-12H,5-7H2,1-4H3,(H2,15,20)(H,16,18)(H,17,21)/t11-,12+/m0/s1. The van der Waals surface area contributed by atoms with Crippen molar-refractivity contribution in [3.05, 3.63) is 0 Å². The van der Waals surface area contributed by atoms with E-state index < -0.39 is 23.9 Å². The molecule has 0 aromatic rings. The van der Waals surface area contributed by atoms with Crippen LogP contribution in [0.5, 0.6) is 0 Å². The minimum atomic E-state index is -0.914. The van der Waals surface area contributed by atoms with Gasteiger partial charge in [-0.15, -0.1) is 0 Å². The van der Waals surface area contributed by atoms with Crippen molar-refractivity contribution in [3.63, 3.8) is 0 Å².